The quantitative estimate of drug-likeness (QED) is 0.0507. The van der Waals surface area contributed by atoms with Crippen molar-refractivity contribution in [2.45, 2.75) is 25.4 Å². The molecule has 8 heteroatoms. The molecule has 0 radical (unpaired) electrons. The van der Waals surface area contributed by atoms with Crippen molar-refractivity contribution in [3.63, 3.8) is 0 Å². The smallest absolute Gasteiger partial charge is 0.328 e. The molecule has 0 saturated carbocycles. The topological polar surface area (TPSA) is 84.9 Å². The molecule has 0 aliphatic heterocycles. The van der Waals surface area contributed by atoms with E-state index in [9.17, 15) is 14.4 Å². The third kappa shape index (κ3) is 9.77. The number of thiophene rings is 1. The molecule has 0 spiro atoms. The van der Waals surface area contributed by atoms with Crippen LogP contribution in [0.25, 0.3) is 6.08 Å². The van der Waals surface area contributed by atoms with Crippen LogP contribution in [0.1, 0.15) is 39.0 Å². The van der Waals surface area contributed by atoms with Gasteiger partial charge in [0.05, 0.1) is 13.7 Å². The number of para-hydroxylation sites is 1. The number of rotatable bonds is 16. The van der Waals surface area contributed by atoms with E-state index in [0.29, 0.717) is 55.1 Å². The Morgan fingerprint density at radius 1 is 0.833 bits per heavy atom. The van der Waals surface area contributed by atoms with E-state index in [2.05, 4.69) is 5.32 Å². The molecule has 0 saturated heterocycles. The number of hydrogen-bond acceptors (Lipinski definition) is 7. The minimum absolute atomic E-state index is 0.0461. The second-order valence-electron chi connectivity index (χ2n) is 11.1. The molecule has 1 heterocycles. The Morgan fingerprint density at radius 3 is 2.25 bits per heavy atom. The predicted octanol–water partition coefficient (Wildman–Crippen LogP) is 7.69. The Hall–Kier alpha value is -5.47. The van der Waals surface area contributed by atoms with Crippen molar-refractivity contribution in [2.24, 2.45) is 0 Å². The first-order valence-electron chi connectivity index (χ1n) is 15.8. The third-order valence-electron chi connectivity index (χ3n) is 7.72. The number of nitrogens with one attached hydrogen (secondary N) is 1. The zero-order valence-electron chi connectivity index (χ0n) is 26.8. The molecule has 0 bridgehead atoms. The van der Waals surface area contributed by atoms with Crippen LogP contribution < -0.4 is 10.1 Å². The highest BCUT2D eigenvalue weighted by atomic mass is 32.1. The summed E-state index contributed by atoms with van der Waals surface area (Å²) in [6.07, 6.45) is 4.47. The van der Waals surface area contributed by atoms with Gasteiger partial charge in [-0.3, -0.25) is 9.59 Å². The summed E-state index contributed by atoms with van der Waals surface area (Å²) in [5.74, 6) is 0.0804. The van der Waals surface area contributed by atoms with Gasteiger partial charge in [0.25, 0.3) is 0 Å². The summed E-state index contributed by atoms with van der Waals surface area (Å²) in [5.41, 5.74) is 4.58. The van der Waals surface area contributed by atoms with Crippen LogP contribution >= 0.6 is 11.3 Å². The predicted molar refractivity (Wildman–Crippen MR) is 191 cm³/mol. The minimum atomic E-state index is -0.714. The first kappa shape index (κ1) is 33.9. The number of benzene rings is 4. The lowest BCUT2D eigenvalue weighted by Crippen LogP contribution is -2.33. The summed E-state index contributed by atoms with van der Waals surface area (Å²) in [6, 6.07) is 35.0. The van der Waals surface area contributed by atoms with Crippen molar-refractivity contribution in [1.82, 2.24) is 4.90 Å². The molecule has 7 nitrogen and oxygen atoms in total. The van der Waals surface area contributed by atoms with E-state index in [1.807, 2.05) is 107 Å². The van der Waals surface area contributed by atoms with Crippen LogP contribution in [0.4, 0.5) is 5.69 Å². The molecule has 0 unspecified atom stereocenters. The van der Waals surface area contributed by atoms with Gasteiger partial charge >= 0.3 is 5.97 Å². The summed E-state index contributed by atoms with van der Waals surface area (Å²) in [7, 11) is 1.35. The Balaban J connectivity index is 1.17. The monoisotopic (exact) mass is 658 g/mol. The van der Waals surface area contributed by atoms with Gasteiger partial charge in [-0.15, -0.1) is 0 Å². The summed E-state index contributed by atoms with van der Waals surface area (Å²) in [5, 5.41) is 7.24. The second kappa shape index (κ2) is 17.4. The molecular formula is C40H38N2O5S. The zero-order valence-corrected chi connectivity index (χ0v) is 27.6. The van der Waals surface area contributed by atoms with Crippen molar-refractivity contribution in [3.8, 4) is 5.75 Å². The fraction of sp³-hybridized carbons (Fsp3) is 0.175. The van der Waals surface area contributed by atoms with Crippen LogP contribution in [0.3, 0.4) is 0 Å². The number of anilines is 1. The number of amides is 1. The maximum atomic E-state index is 13.2. The standard InChI is InChI=1S/C40H38N2O5S/c1-46-40(45)37(41-36-16-9-8-15-35(36)39(44)33-13-6-3-7-14-33)27-30-17-20-34(21-18-30)47-25-10-24-42(28-31-11-4-2-5-12-31)38(43)22-19-32-23-26-48-29-32/h2-9,11-23,26,29,37,41H,10,24-25,27-28H2,1H3/t37-/m0/s1. The number of hydrogen-bond donors (Lipinski definition) is 1. The van der Waals surface area contributed by atoms with Crippen molar-refractivity contribution in [2.75, 3.05) is 25.6 Å². The van der Waals surface area contributed by atoms with E-state index in [-0.39, 0.29) is 11.7 Å². The maximum Gasteiger partial charge on any atom is 0.328 e. The van der Waals surface area contributed by atoms with Gasteiger partial charge in [-0.2, -0.15) is 11.3 Å². The average molecular weight is 659 g/mol. The van der Waals surface area contributed by atoms with E-state index >= 15 is 0 Å². The highest BCUT2D eigenvalue weighted by Gasteiger charge is 2.23. The lowest BCUT2D eigenvalue weighted by molar-refractivity contribution is -0.141. The number of methoxy groups -OCH3 is 1. The largest absolute Gasteiger partial charge is 0.494 e. The second-order valence-corrected chi connectivity index (χ2v) is 11.9. The van der Waals surface area contributed by atoms with E-state index in [1.165, 1.54) is 7.11 Å². The van der Waals surface area contributed by atoms with Crippen molar-refractivity contribution in [1.29, 1.82) is 0 Å². The van der Waals surface area contributed by atoms with E-state index in [0.717, 1.165) is 16.7 Å². The lowest BCUT2D eigenvalue weighted by atomic mass is 10.00. The van der Waals surface area contributed by atoms with Crippen LogP contribution in [-0.4, -0.2) is 48.9 Å². The molecule has 1 N–H and O–H groups in total. The van der Waals surface area contributed by atoms with Gasteiger partial charge in [-0.05, 0) is 70.3 Å². The van der Waals surface area contributed by atoms with Crippen LogP contribution in [0.2, 0.25) is 0 Å². The SMILES string of the molecule is COC(=O)[C@H](Cc1ccc(OCCCN(Cc2ccccc2)C(=O)C=Cc2ccsc2)cc1)Nc1ccccc1C(=O)c1ccccc1. The molecule has 244 valence electrons. The number of carbonyl (C=O) groups excluding carboxylic acids is 3. The summed E-state index contributed by atoms with van der Waals surface area (Å²) >= 11 is 1.60. The minimum Gasteiger partial charge on any atom is -0.494 e. The number of ether oxygens (including phenoxy) is 2. The Labute approximate surface area is 285 Å². The molecule has 0 aliphatic rings. The Kier molecular flexibility index (Phi) is 12.3. The Bertz CT molecular complexity index is 1790. The summed E-state index contributed by atoms with van der Waals surface area (Å²) < 4.78 is 11.1. The first-order chi connectivity index (χ1) is 23.5. The van der Waals surface area contributed by atoms with Gasteiger partial charge in [0.1, 0.15) is 11.8 Å². The van der Waals surface area contributed by atoms with Gasteiger partial charge in [-0.25, -0.2) is 4.79 Å². The highest BCUT2D eigenvalue weighted by molar-refractivity contribution is 7.08. The molecule has 0 fully saturated rings. The maximum absolute atomic E-state index is 13.2. The molecule has 4 aromatic carbocycles. The van der Waals surface area contributed by atoms with E-state index in [1.54, 1.807) is 47.7 Å². The molecule has 1 amide bonds. The highest BCUT2D eigenvalue weighted by Crippen LogP contribution is 2.22. The normalized spacial score (nSPS) is 11.5. The van der Waals surface area contributed by atoms with Crippen LogP contribution in [0, 0.1) is 0 Å². The van der Waals surface area contributed by atoms with Gasteiger partial charge in [0.15, 0.2) is 5.78 Å². The lowest BCUT2D eigenvalue weighted by Gasteiger charge is -2.22. The number of nitrogens with zero attached hydrogens (tertiary/aromatic N) is 1. The molecule has 1 aromatic heterocycles. The van der Waals surface area contributed by atoms with Gasteiger partial charge in [0, 0.05) is 42.4 Å². The molecular weight excluding hydrogens is 621 g/mol. The number of ketones is 1. The molecule has 5 rings (SSSR count). The fourth-order valence-corrected chi connectivity index (χ4v) is 5.82. The zero-order chi connectivity index (χ0) is 33.6. The Morgan fingerprint density at radius 2 is 1.54 bits per heavy atom. The molecule has 5 aromatic rings. The summed E-state index contributed by atoms with van der Waals surface area (Å²) in [6.45, 7) is 1.49. The molecule has 48 heavy (non-hydrogen) atoms. The van der Waals surface area contributed by atoms with Crippen LogP contribution in [-0.2, 0) is 27.3 Å². The van der Waals surface area contributed by atoms with E-state index < -0.39 is 12.0 Å². The first-order valence-corrected chi connectivity index (χ1v) is 16.7. The third-order valence-corrected chi connectivity index (χ3v) is 8.42. The van der Waals surface area contributed by atoms with Crippen LogP contribution in [0.15, 0.2) is 132 Å². The van der Waals surface area contributed by atoms with Crippen molar-refractivity contribution >= 4 is 40.8 Å². The number of esters is 1. The van der Waals surface area contributed by atoms with Crippen molar-refractivity contribution < 1.29 is 23.9 Å². The van der Waals surface area contributed by atoms with E-state index in [4.69, 9.17) is 9.47 Å². The summed E-state index contributed by atoms with van der Waals surface area (Å²) in [4.78, 5) is 40.9. The van der Waals surface area contributed by atoms with Crippen molar-refractivity contribution in [3.05, 3.63) is 160 Å². The van der Waals surface area contributed by atoms with Gasteiger partial charge in [-0.1, -0.05) is 84.9 Å². The number of carbonyl (C=O) groups is 3. The van der Waals surface area contributed by atoms with Gasteiger partial charge < -0.3 is 19.7 Å². The fourth-order valence-electron chi connectivity index (χ4n) is 5.19. The average Bonchev–Trinajstić information content (AvgIpc) is 3.66. The molecule has 0 aliphatic carbocycles. The molecule has 1 atom stereocenters. The van der Waals surface area contributed by atoms with Gasteiger partial charge in [0.2, 0.25) is 5.91 Å². The van der Waals surface area contributed by atoms with Crippen LogP contribution in [0.5, 0.6) is 5.75 Å².